The Morgan fingerprint density at radius 3 is 1.41 bits per heavy atom. The van der Waals surface area contributed by atoms with Crippen LogP contribution in [0.25, 0.3) is 54.8 Å². The number of amides is 4. The molecule has 0 spiro atoms. The first-order chi connectivity index (χ1) is 50.8. The number of rotatable bonds is 16. The predicted molar refractivity (Wildman–Crippen MR) is 404 cm³/mol. The number of nitrogens with one attached hydrogen (secondary N) is 4. The summed E-state index contributed by atoms with van der Waals surface area (Å²) in [6, 6.07) is 59.4. The fourth-order valence-corrected chi connectivity index (χ4v) is 14.3. The molecule has 8 aromatic carbocycles. The molecule has 6 N–H and O–H groups in total. The molecule has 3 aromatic heterocycles. The number of anilines is 4. The summed E-state index contributed by atoms with van der Waals surface area (Å²) in [5.41, 5.74) is 3.58. The topological polar surface area (TPSA) is 268 Å². The minimum atomic E-state index is -3.85. The Balaban J connectivity index is 0.000000189. The van der Waals surface area contributed by atoms with Crippen molar-refractivity contribution in [1.29, 1.82) is 0 Å². The number of halogens is 4. The number of pyridine rings is 3. The summed E-state index contributed by atoms with van der Waals surface area (Å²) in [5.74, 6) is 2.03. The molecule has 3 saturated carbocycles. The monoisotopic (exact) mass is 1470 g/mol. The maximum atomic E-state index is 13.5. The molecule has 0 bridgehead atoms. The normalized spacial score (nSPS) is 17.0. The highest BCUT2D eigenvalue weighted by Crippen LogP contribution is 2.55. The Bertz CT molecular complexity index is 5480. The van der Waals surface area contributed by atoms with Gasteiger partial charge < -0.3 is 54.8 Å². The molecule has 11 aromatic rings. The molecule has 3 aliphatic heterocycles. The van der Waals surface area contributed by atoms with E-state index >= 15 is 0 Å². The zero-order valence-electron chi connectivity index (χ0n) is 57.6. The summed E-state index contributed by atoms with van der Waals surface area (Å²) in [6.07, 6.45) is -3.55. The van der Waals surface area contributed by atoms with Crippen molar-refractivity contribution >= 4 is 89.2 Å². The van der Waals surface area contributed by atoms with Crippen LogP contribution in [0, 0.1) is 0 Å². The van der Waals surface area contributed by atoms with Crippen molar-refractivity contribution in [2.45, 2.75) is 85.7 Å². The molecule has 6 aliphatic rings. The van der Waals surface area contributed by atoms with Gasteiger partial charge in [0.15, 0.2) is 23.0 Å². The molecule has 4 amide bonds. The lowest BCUT2D eigenvalue weighted by Gasteiger charge is -2.34. The number of hydrogen-bond acceptors (Lipinski definition) is 16. The molecular formula is C80H82F4N10O11S. The molecule has 0 atom stereocenters. The number of nitrogens with two attached hydrogens (primary N) is 1. The van der Waals surface area contributed by atoms with E-state index < -0.39 is 38.9 Å². The van der Waals surface area contributed by atoms with Gasteiger partial charge in [-0.15, -0.1) is 17.6 Å². The summed E-state index contributed by atoms with van der Waals surface area (Å²) in [4.78, 5) is 70.6. The third-order valence-corrected chi connectivity index (χ3v) is 21.0. The number of methoxy groups -OCH3 is 1. The van der Waals surface area contributed by atoms with E-state index in [4.69, 9.17) is 19.8 Å². The number of ether oxygens (including phenoxy) is 5. The molecule has 552 valence electrons. The number of benzene rings is 8. The molecular weight excluding hydrogens is 1380 g/mol. The summed E-state index contributed by atoms with van der Waals surface area (Å²) < 4.78 is 100. The fraction of sp³-hybridized carbons (Fsp3) is 0.237. The number of carbonyl (C=O) groups excluding carboxylic acids is 4. The number of likely N-dealkylation sites (N-methyl/N-ethyl adjacent to an activating group) is 1. The molecule has 0 radical (unpaired) electrons. The first-order valence-corrected chi connectivity index (χ1v) is 35.9. The maximum absolute atomic E-state index is 13.5. The summed E-state index contributed by atoms with van der Waals surface area (Å²) in [5, 5.41) is 22.6. The van der Waals surface area contributed by atoms with E-state index in [9.17, 15) is 45.2 Å². The van der Waals surface area contributed by atoms with Crippen LogP contribution in [0.2, 0.25) is 0 Å². The molecule has 26 heteroatoms. The van der Waals surface area contributed by atoms with Gasteiger partial charge in [0.05, 0.1) is 39.6 Å². The van der Waals surface area contributed by atoms with Gasteiger partial charge in [0.2, 0.25) is 33.7 Å². The van der Waals surface area contributed by atoms with Gasteiger partial charge in [-0.05, 0) is 157 Å². The van der Waals surface area contributed by atoms with Crippen LogP contribution < -0.4 is 55.0 Å². The first-order valence-electron chi connectivity index (χ1n) is 34.4. The van der Waals surface area contributed by atoms with E-state index in [0.717, 1.165) is 99.6 Å². The molecule has 106 heavy (non-hydrogen) atoms. The fourth-order valence-electron chi connectivity index (χ4n) is 13.8. The third-order valence-electron chi connectivity index (χ3n) is 20.0. The standard InChI is InChI=1S/C29H23F2N3O4.C26H19F2N3O5S.C25H28N4O2.6H2/c1-17(35)32-16-18-5-4-7-20(13-18)26-22-8-3-2-6-19(22)14-25(33-26)34-27(36)28(11-12-28)21-9-10-23-24(15-21)38-29(30,31)37-23;27-26(28)35-20-10-7-17(14-21(20)36-26)25(11-12-25)24(32)31-22-13-16-3-1-2-4-19(16)23(30-22)15-5-8-18(9-6-15)37(29,33)34;1-28-13-15-29(16-14-28)23-21-6-4-3-5-18(21)17-22(26-23)27-24(30)25(11-12-25)19-7-9-20(31-2)10-8-19;;;;;;/h2-10,13-15H,11-12,16H2,1H3,(H,32,35)(H,33,34,36);1-10,13-14H,11-12H2,(H2,29,33,34)(H,30,31,32);3-10,17H,11-16H2,1-2H3,(H,26,27,30);6*1H. The van der Waals surface area contributed by atoms with Crippen LogP contribution in [0.1, 0.15) is 76.3 Å². The zero-order chi connectivity index (χ0) is 73.9. The highest BCUT2D eigenvalue weighted by atomic mass is 32.2. The van der Waals surface area contributed by atoms with Gasteiger partial charge in [0.25, 0.3) is 0 Å². The molecule has 0 unspecified atom stereocenters. The second kappa shape index (κ2) is 27.4. The van der Waals surface area contributed by atoms with E-state index in [1.54, 1.807) is 37.4 Å². The minimum Gasteiger partial charge on any atom is -0.497 e. The van der Waals surface area contributed by atoms with E-state index in [0.29, 0.717) is 77.8 Å². The lowest BCUT2D eigenvalue weighted by Crippen LogP contribution is -2.45. The van der Waals surface area contributed by atoms with Gasteiger partial charge in [-0.25, -0.2) is 28.5 Å². The quantitative estimate of drug-likeness (QED) is 0.0563. The molecule has 21 nitrogen and oxygen atoms in total. The van der Waals surface area contributed by atoms with Gasteiger partial charge in [0.1, 0.15) is 29.0 Å². The lowest BCUT2D eigenvalue weighted by molar-refractivity contribution is -0.287. The Kier molecular flexibility index (Phi) is 18.1. The molecule has 3 aliphatic carbocycles. The van der Waals surface area contributed by atoms with Crippen LogP contribution in [0.3, 0.4) is 0 Å². The van der Waals surface area contributed by atoms with Crippen LogP contribution in [-0.2, 0) is 52.0 Å². The van der Waals surface area contributed by atoms with E-state index in [2.05, 4.69) is 74.2 Å². The van der Waals surface area contributed by atoms with Crippen molar-refractivity contribution in [2.24, 2.45) is 5.14 Å². The van der Waals surface area contributed by atoms with E-state index in [-0.39, 0.29) is 60.1 Å². The van der Waals surface area contributed by atoms with E-state index in [1.165, 1.54) is 43.3 Å². The van der Waals surface area contributed by atoms with Crippen molar-refractivity contribution in [2.75, 3.05) is 61.2 Å². The number of fused-ring (bicyclic) bond motifs is 5. The Labute approximate surface area is 615 Å². The number of carbonyl (C=O) groups is 4. The van der Waals surface area contributed by atoms with Gasteiger partial charge in [0, 0.05) is 75.5 Å². The molecule has 4 fully saturated rings. The second-order valence-corrected chi connectivity index (χ2v) is 28.7. The number of nitrogens with zero attached hydrogens (tertiary/aromatic N) is 5. The van der Waals surface area contributed by atoms with Gasteiger partial charge >= 0.3 is 12.6 Å². The summed E-state index contributed by atoms with van der Waals surface area (Å²) >= 11 is 0. The maximum Gasteiger partial charge on any atom is 0.586 e. The van der Waals surface area contributed by atoms with Crippen LogP contribution in [0.15, 0.2) is 205 Å². The number of sulfonamides is 1. The first kappa shape index (κ1) is 69.9. The van der Waals surface area contributed by atoms with E-state index in [1.807, 2.05) is 121 Å². The van der Waals surface area contributed by atoms with Crippen LogP contribution >= 0.6 is 0 Å². The number of aromatic nitrogens is 3. The molecule has 1 saturated heterocycles. The number of alkyl halides is 4. The molecule has 17 rings (SSSR count). The second-order valence-electron chi connectivity index (χ2n) is 27.2. The Hall–Kier alpha value is -11.7. The van der Waals surface area contributed by atoms with Gasteiger partial charge in [-0.3, -0.25) is 19.2 Å². The largest absolute Gasteiger partial charge is 0.586 e. The zero-order valence-corrected chi connectivity index (χ0v) is 58.4. The Morgan fingerprint density at radius 1 is 0.500 bits per heavy atom. The van der Waals surface area contributed by atoms with Crippen LogP contribution in [0.5, 0.6) is 28.7 Å². The number of piperazine rings is 1. The van der Waals surface area contributed by atoms with Gasteiger partial charge in [-0.2, -0.15) is 0 Å². The summed E-state index contributed by atoms with van der Waals surface area (Å²) in [6.45, 7) is 5.74. The summed E-state index contributed by atoms with van der Waals surface area (Å²) in [7, 11) is -0.0529. The van der Waals surface area contributed by atoms with Crippen molar-refractivity contribution in [3.05, 3.63) is 222 Å². The SMILES string of the molecule is CC(=O)NCc1cccc(-c2nc(NC(=O)C3(c4ccc5c(c4)OC(F)(F)O5)CC3)cc3ccccc23)c1.COc1ccc(C2(C(=O)Nc3cc4ccccc4c(N4CCN(C)CC4)n3)CC2)cc1.NS(=O)(=O)c1ccc(-c2nc(NC(=O)C3(c4ccc5c(c4)OC(F)(F)O5)CC3)cc3ccccc23)cc1.[HH].[HH].[HH].[HH].[HH].[HH]. The Morgan fingerprint density at radius 2 is 0.934 bits per heavy atom. The highest BCUT2D eigenvalue weighted by molar-refractivity contribution is 7.89. The van der Waals surface area contributed by atoms with Crippen LogP contribution in [-0.4, -0.2) is 105 Å². The van der Waals surface area contributed by atoms with Crippen LogP contribution in [0.4, 0.5) is 40.8 Å². The average molecular weight is 1470 g/mol. The van der Waals surface area contributed by atoms with Crippen molar-refractivity contribution in [3.8, 4) is 51.3 Å². The van der Waals surface area contributed by atoms with Gasteiger partial charge in [-0.1, -0.05) is 127 Å². The smallest absolute Gasteiger partial charge is 0.497 e. The van der Waals surface area contributed by atoms with Crippen molar-refractivity contribution in [1.82, 2.24) is 25.2 Å². The molecule has 6 heterocycles. The van der Waals surface area contributed by atoms with Crippen molar-refractivity contribution in [3.63, 3.8) is 0 Å². The van der Waals surface area contributed by atoms with Crippen molar-refractivity contribution < 1.29 is 77.4 Å². The number of hydrogen-bond donors (Lipinski definition) is 5. The average Bonchev–Trinajstić information content (AvgIpc) is 1.60. The predicted octanol–water partition coefficient (Wildman–Crippen LogP) is 15.2. The minimum absolute atomic E-state index is 0. The third kappa shape index (κ3) is 14.4. The highest BCUT2D eigenvalue weighted by Gasteiger charge is 2.55. The lowest BCUT2D eigenvalue weighted by atomic mass is 9.94. The number of primary sulfonamides is 1.